The molecule has 0 fully saturated rings. The lowest BCUT2D eigenvalue weighted by Gasteiger charge is -2.25. The van der Waals surface area contributed by atoms with Gasteiger partial charge in [0, 0.05) is 12.6 Å². The average molecular weight is 226 g/mol. The number of carbonyl (C=O) groups is 1. The van der Waals surface area contributed by atoms with Crippen molar-refractivity contribution in [3.05, 3.63) is 0 Å². The third-order valence-corrected chi connectivity index (χ3v) is 1.89. The maximum absolute atomic E-state index is 11.8. The molecule has 1 amide bonds. The third-order valence-electron chi connectivity index (χ3n) is 1.89. The molecule has 0 aromatic carbocycles. The number of carbonyl (C=O) groups excluding carboxylic acids is 1. The number of likely N-dealkylation sites (N-methyl/N-ethyl adjacent to an activating group) is 1. The number of amides is 1. The number of rotatable bonds is 5. The molecule has 0 saturated carbocycles. The van der Waals surface area contributed by atoms with E-state index in [1.807, 2.05) is 13.8 Å². The summed E-state index contributed by atoms with van der Waals surface area (Å²) in [6, 6.07) is 0.00943. The number of nitrogens with one attached hydrogen (secondary N) is 1. The zero-order valence-electron chi connectivity index (χ0n) is 9.19. The fourth-order valence-corrected chi connectivity index (χ4v) is 1.24. The quantitative estimate of drug-likeness (QED) is 0.768. The summed E-state index contributed by atoms with van der Waals surface area (Å²) in [5.74, 6) is -0.309. The van der Waals surface area contributed by atoms with Gasteiger partial charge in [-0.25, -0.2) is 0 Å². The lowest BCUT2D eigenvalue weighted by Crippen LogP contribution is -2.43. The molecule has 0 aliphatic carbocycles. The Labute approximate surface area is 87.6 Å². The molecule has 0 aromatic rings. The second-order valence-electron chi connectivity index (χ2n) is 3.49. The Balaban J connectivity index is 3.92. The predicted molar refractivity (Wildman–Crippen MR) is 51.4 cm³/mol. The summed E-state index contributed by atoms with van der Waals surface area (Å²) in [6.07, 6.45) is -4.27. The van der Waals surface area contributed by atoms with E-state index >= 15 is 0 Å². The van der Waals surface area contributed by atoms with Crippen LogP contribution in [0.1, 0.15) is 20.8 Å². The minimum atomic E-state index is -4.27. The molecular formula is C9H17F3N2O. The van der Waals surface area contributed by atoms with Crippen molar-refractivity contribution >= 4 is 5.91 Å². The Morgan fingerprint density at radius 3 is 2.27 bits per heavy atom. The summed E-state index contributed by atoms with van der Waals surface area (Å²) >= 11 is 0. The van der Waals surface area contributed by atoms with Crippen LogP contribution in [-0.4, -0.2) is 42.7 Å². The summed E-state index contributed by atoms with van der Waals surface area (Å²) in [5.41, 5.74) is 0. The second-order valence-corrected chi connectivity index (χ2v) is 3.49. The molecule has 0 aromatic heterocycles. The zero-order chi connectivity index (χ0) is 12.1. The van der Waals surface area contributed by atoms with Crippen molar-refractivity contribution in [2.75, 3.05) is 19.6 Å². The Morgan fingerprint density at radius 2 is 1.93 bits per heavy atom. The van der Waals surface area contributed by atoms with Crippen molar-refractivity contribution in [3.63, 3.8) is 0 Å². The molecule has 6 heteroatoms. The molecule has 0 saturated heterocycles. The van der Waals surface area contributed by atoms with Crippen molar-refractivity contribution in [1.29, 1.82) is 0 Å². The van der Waals surface area contributed by atoms with Crippen LogP contribution in [0, 0.1) is 0 Å². The van der Waals surface area contributed by atoms with Crippen LogP contribution in [0.5, 0.6) is 0 Å². The monoisotopic (exact) mass is 226 g/mol. The first-order valence-electron chi connectivity index (χ1n) is 4.85. The van der Waals surface area contributed by atoms with Gasteiger partial charge in [0.25, 0.3) is 0 Å². The van der Waals surface area contributed by atoms with Gasteiger partial charge in [-0.1, -0.05) is 0 Å². The molecule has 0 unspecified atom stereocenters. The highest BCUT2D eigenvalue weighted by atomic mass is 19.4. The molecule has 0 aliphatic heterocycles. The van der Waals surface area contributed by atoms with Gasteiger partial charge in [0.1, 0.15) is 0 Å². The Kier molecular flexibility index (Phi) is 5.64. The number of alkyl halides is 3. The first kappa shape index (κ1) is 14.2. The third kappa shape index (κ3) is 6.33. The van der Waals surface area contributed by atoms with Gasteiger partial charge in [-0.05, 0) is 20.8 Å². The minimum Gasteiger partial charge on any atom is -0.339 e. The summed E-state index contributed by atoms with van der Waals surface area (Å²) in [4.78, 5) is 12.9. The first-order valence-corrected chi connectivity index (χ1v) is 4.85. The van der Waals surface area contributed by atoms with Crippen LogP contribution in [0.2, 0.25) is 0 Å². The van der Waals surface area contributed by atoms with E-state index in [1.54, 1.807) is 6.92 Å². The van der Waals surface area contributed by atoms with Gasteiger partial charge in [-0.3, -0.25) is 4.79 Å². The van der Waals surface area contributed by atoms with E-state index in [9.17, 15) is 18.0 Å². The van der Waals surface area contributed by atoms with Crippen LogP contribution in [0.15, 0.2) is 0 Å². The molecule has 90 valence electrons. The van der Waals surface area contributed by atoms with Gasteiger partial charge in [0.2, 0.25) is 5.91 Å². The molecule has 0 bridgehead atoms. The van der Waals surface area contributed by atoms with Gasteiger partial charge in [-0.2, -0.15) is 13.2 Å². The molecule has 15 heavy (non-hydrogen) atoms. The van der Waals surface area contributed by atoms with Gasteiger partial charge < -0.3 is 10.2 Å². The standard InChI is InChI=1S/C9H17F3N2O/c1-4-14(7(2)3)8(15)5-13-6-9(10,11)12/h7,13H,4-6H2,1-3H3. The van der Waals surface area contributed by atoms with Crippen LogP contribution in [0.3, 0.4) is 0 Å². The number of halogens is 3. The van der Waals surface area contributed by atoms with Gasteiger partial charge >= 0.3 is 6.18 Å². The Morgan fingerprint density at radius 1 is 1.40 bits per heavy atom. The highest BCUT2D eigenvalue weighted by molar-refractivity contribution is 5.78. The highest BCUT2D eigenvalue weighted by Crippen LogP contribution is 2.11. The fraction of sp³-hybridized carbons (Fsp3) is 0.889. The van der Waals surface area contributed by atoms with Crippen LogP contribution in [0.4, 0.5) is 13.2 Å². The van der Waals surface area contributed by atoms with Crippen molar-refractivity contribution in [2.24, 2.45) is 0 Å². The van der Waals surface area contributed by atoms with Crippen LogP contribution < -0.4 is 5.32 Å². The number of hydrogen-bond donors (Lipinski definition) is 1. The molecule has 0 heterocycles. The average Bonchev–Trinajstić information content (AvgIpc) is 2.01. The molecule has 0 rings (SSSR count). The van der Waals surface area contributed by atoms with Gasteiger partial charge in [-0.15, -0.1) is 0 Å². The summed E-state index contributed by atoms with van der Waals surface area (Å²) in [5, 5.41) is 2.08. The van der Waals surface area contributed by atoms with Crippen LogP contribution in [-0.2, 0) is 4.79 Å². The van der Waals surface area contributed by atoms with Crippen molar-refractivity contribution < 1.29 is 18.0 Å². The van der Waals surface area contributed by atoms with Crippen LogP contribution in [0.25, 0.3) is 0 Å². The van der Waals surface area contributed by atoms with Crippen LogP contribution >= 0.6 is 0 Å². The Bertz CT molecular complexity index is 204. The molecule has 0 radical (unpaired) electrons. The maximum atomic E-state index is 11.8. The SMILES string of the molecule is CCN(C(=O)CNCC(F)(F)F)C(C)C. The van der Waals surface area contributed by atoms with Crippen molar-refractivity contribution in [1.82, 2.24) is 10.2 Å². The zero-order valence-corrected chi connectivity index (χ0v) is 9.19. The topological polar surface area (TPSA) is 32.3 Å². The summed E-state index contributed by atoms with van der Waals surface area (Å²) in [6.45, 7) is 4.54. The molecule has 0 atom stereocenters. The van der Waals surface area contributed by atoms with E-state index in [0.29, 0.717) is 6.54 Å². The predicted octanol–water partition coefficient (Wildman–Crippen LogP) is 1.40. The van der Waals surface area contributed by atoms with E-state index in [0.717, 1.165) is 0 Å². The smallest absolute Gasteiger partial charge is 0.339 e. The highest BCUT2D eigenvalue weighted by Gasteiger charge is 2.27. The maximum Gasteiger partial charge on any atom is 0.401 e. The van der Waals surface area contributed by atoms with Gasteiger partial charge in [0.05, 0.1) is 13.1 Å². The molecule has 3 nitrogen and oxygen atoms in total. The second kappa shape index (κ2) is 5.95. The Hall–Kier alpha value is -0.780. The van der Waals surface area contributed by atoms with Gasteiger partial charge in [0.15, 0.2) is 0 Å². The largest absolute Gasteiger partial charge is 0.401 e. The van der Waals surface area contributed by atoms with E-state index < -0.39 is 12.7 Å². The van der Waals surface area contributed by atoms with E-state index in [-0.39, 0.29) is 18.5 Å². The summed E-state index contributed by atoms with van der Waals surface area (Å²) in [7, 11) is 0. The molecular weight excluding hydrogens is 209 g/mol. The molecule has 1 N–H and O–H groups in total. The fourth-order valence-electron chi connectivity index (χ4n) is 1.24. The first-order chi connectivity index (χ1) is 6.78. The van der Waals surface area contributed by atoms with Crippen molar-refractivity contribution in [3.8, 4) is 0 Å². The van der Waals surface area contributed by atoms with E-state index in [4.69, 9.17) is 0 Å². The normalized spacial score (nSPS) is 11.9. The molecule has 0 spiro atoms. The van der Waals surface area contributed by atoms with E-state index in [1.165, 1.54) is 4.90 Å². The van der Waals surface area contributed by atoms with E-state index in [2.05, 4.69) is 5.32 Å². The lowest BCUT2D eigenvalue weighted by molar-refractivity contribution is -0.135. The molecule has 0 aliphatic rings. The minimum absolute atomic E-state index is 0.00943. The van der Waals surface area contributed by atoms with Crippen molar-refractivity contribution in [2.45, 2.75) is 33.0 Å². The number of nitrogens with zero attached hydrogens (tertiary/aromatic N) is 1. The lowest BCUT2D eigenvalue weighted by atomic mass is 10.3. The number of hydrogen-bond acceptors (Lipinski definition) is 2. The summed E-state index contributed by atoms with van der Waals surface area (Å²) < 4.78 is 35.3.